The number of hydrogen-bond donors (Lipinski definition) is 1. The van der Waals surface area contributed by atoms with Gasteiger partial charge in [-0.05, 0) is 6.42 Å². The topological polar surface area (TPSA) is 52.0 Å². The van der Waals surface area contributed by atoms with Crippen molar-refractivity contribution in [1.29, 1.82) is 0 Å². The Morgan fingerprint density at radius 3 is 3.11 bits per heavy atom. The molecule has 0 aliphatic carbocycles. The molecule has 0 fully saturated rings. The zero-order chi connectivity index (χ0) is 6.69. The van der Waals surface area contributed by atoms with Gasteiger partial charge >= 0.3 is 0 Å². The van der Waals surface area contributed by atoms with Crippen molar-refractivity contribution in [3.8, 4) is 0 Å². The minimum Gasteiger partial charge on any atom is -0.447 e. The second kappa shape index (κ2) is 2.64. The van der Waals surface area contributed by atoms with Gasteiger partial charge in [-0.15, -0.1) is 0 Å². The van der Waals surface area contributed by atoms with Crippen molar-refractivity contribution in [3.05, 3.63) is 18.4 Å². The van der Waals surface area contributed by atoms with Gasteiger partial charge in [-0.3, -0.25) is 0 Å². The van der Waals surface area contributed by atoms with Crippen LogP contribution in [0.5, 0.6) is 0 Å². The summed E-state index contributed by atoms with van der Waals surface area (Å²) in [7, 11) is 0. The lowest BCUT2D eigenvalue weighted by atomic mass is 10.2. The van der Waals surface area contributed by atoms with Gasteiger partial charge in [0.05, 0.1) is 12.2 Å². The Kier molecular flexibility index (Phi) is 1.85. The Morgan fingerprint density at radius 2 is 2.67 bits per heavy atom. The number of nitrogens with two attached hydrogens (primary N) is 1. The van der Waals surface area contributed by atoms with Crippen LogP contribution in [0.3, 0.4) is 0 Å². The predicted molar refractivity (Wildman–Crippen MR) is 33.7 cm³/mol. The van der Waals surface area contributed by atoms with E-state index in [1.165, 1.54) is 6.39 Å². The molecule has 0 spiro atoms. The fourth-order valence-corrected chi connectivity index (χ4v) is 0.610. The minimum absolute atomic E-state index is 0.00694. The van der Waals surface area contributed by atoms with E-state index >= 15 is 0 Å². The van der Waals surface area contributed by atoms with Crippen LogP contribution in [0.2, 0.25) is 0 Å². The molecule has 0 bridgehead atoms. The highest BCUT2D eigenvalue weighted by atomic mass is 16.3. The quantitative estimate of drug-likeness (QED) is 0.645. The summed E-state index contributed by atoms with van der Waals surface area (Å²) in [6, 6.07) is 0.00694. The normalized spacial score (nSPS) is 13.6. The molecule has 1 unspecified atom stereocenters. The van der Waals surface area contributed by atoms with E-state index in [1.54, 1.807) is 6.20 Å². The maximum atomic E-state index is 5.60. The van der Waals surface area contributed by atoms with Crippen LogP contribution in [-0.2, 0) is 0 Å². The van der Waals surface area contributed by atoms with Crippen LogP contribution in [-0.4, -0.2) is 4.98 Å². The molecule has 1 aromatic rings. The average Bonchev–Trinajstić information content (AvgIpc) is 2.37. The molecule has 1 rings (SSSR count). The van der Waals surface area contributed by atoms with E-state index in [4.69, 9.17) is 10.2 Å². The third kappa shape index (κ3) is 1.29. The van der Waals surface area contributed by atoms with Crippen LogP contribution in [0, 0.1) is 0 Å². The average molecular weight is 126 g/mol. The van der Waals surface area contributed by atoms with E-state index in [-0.39, 0.29) is 6.04 Å². The monoisotopic (exact) mass is 126 g/mol. The Bertz CT molecular complexity index is 160. The van der Waals surface area contributed by atoms with Gasteiger partial charge in [-0.25, -0.2) is 4.98 Å². The molecule has 1 aromatic heterocycles. The first-order chi connectivity index (χ1) is 4.34. The Balaban J connectivity index is 2.65. The van der Waals surface area contributed by atoms with Gasteiger partial charge in [-0.1, -0.05) is 6.92 Å². The molecule has 2 N–H and O–H groups in total. The SMILES string of the molecule is CCC(N)c1cnco1. The van der Waals surface area contributed by atoms with Crippen LogP contribution < -0.4 is 5.73 Å². The van der Waals surface area contributed by atoms with Gasteiger partial charge < -0.3 is 10.2 Å². The third-order valence-corrected chi connectivity index (χ3v) is 1.26. The van der Waals surface area contributed by atoms with Gasteiger partial charge in [-0.2, -0.15) is 0 Å². The van der Waals surface area contributed by atoms with E-state index in [9.17, 15) is 0 Å². The molecule has 0 amide bonds. The molecule has 0 aromatic carbocycles. The van der Waals surface area contributed by atoms with Gasteiger partial charge in [0, 0.05) is 0 Å². The first-order valence-electron chi connectivity index (χ1n) is 2.98. The van der Waals surface area contributed by atoms with Gasteiger partial charge in [0.25, 0.3) is 0 Å². The third-order valence-electron chi connectivity index (χ3n) is 1.26. The van der Waals surface area contributed by atoms with E-state index < -0.39 is 0 Å². The number of oxazole rings is 1. The first kappa shape index (κ1) is 6.29. The summed E-state index contributed by atoms with van der Waals surface area (Å²) in [6.07, 6.45) is 3.92. The van der Waals surface area contributed by atoms with E-state index in [2.05, 4.69) is 4.98 Å². The largest absolute Gasteiger partial charge is 0.447 e. The van der Waals surface area contributed by atoms with Crippen LogP contribution in [0.15, 0.2) is 17.0 Å². The zero-order valence-electron chi connectivity index (χ0n) is 5.37. The van der Waals surface area contributed by atoms with Gasteiger partial charge in [0.15, 0.2) is 6.39 Å². The lowest BCUT2D eigenvalue weighted by Gasteiger charge is -2.00. The molecule has 1 heterocycles. The van der Waals surface area contributed by atoms with Crippen molar-refractivity contribution in [2.45, 2.75) is 19.4 Å². The molecule has 0 saturated carbocycles. The van der Waals surface area contributed by atoms with Crippen LogP contribution in [0.4, 0.5) is 0 Å². The molecular weight excluding hydrogens is 116 g/mol. The zero-order valence-corrected chi connectivity index (χ0v) is 5.37. The Hall–Kier alpha value is -0.830. The van der Waals surface area contributed by atoms with Crippen LogP contribution in [0.25, 0.3) is 0 Å². The van der Waals surface area contributed by atoms with Crippen molar-refractivity contribution in [1.82, 2.24) is 4.98 Å². The minimum atomic E-state index is 0.00694. The number of aromatic nitrogens is 1. The highest BCUT2D eigenvalue weighted by molar-refractivity contribution is 4.94. The van der Waals surface area contributed by atoms with Crippen molar-refractivity contribution < 1.29 is 4.42 Å². The van der Waals surface area contributed by atoms with Crippen molar-refractivity contribution in [2.75, 3.05) is 0 Å². The molecule has 3 heteroatoms. The maximum absolute atomic E-state index is 5.60. The van der Waals surface area contributed by atoms with Crippen LogP contribution >= 0.6 is 0 Å². The maximum Gasteiger partial charge on any atom is 0.180 e. The van der Waals surface area contributed by atoms with Gasteiger partial charge in [0.1, 0.15) is 5.76 Å². The predicted octanol–water partition coefficient (Wildman–Crippen LogP) is 1.08. The van der Waals surface area contributed by atoms with Gasteiger partial charge in [0.2, 0.25) is 0 Å². The summed E-state index contributed by atoms with van der Waals surface area (Å²) < 4.78 is 4.95. The fourth-order valence-electron chi connectivity index (χ4n) is 0.610. The molecule has 1 atom stereocenters. The number of rotatable bonds is 2. The molecule has 9 heavy (non-hydrogen) atoms. The Morgan fingerprint density at radius 1 is 1.89 bits per heavy atom. The molecule has 0 aliphatic heterocycles. The van der Waals surface area contributed by atoms with Crippen LogP contribution in [0.1, 0.15) is 25.1 Å². The van der Waals surface area contributed by atoms with Crippen molar-refractivity contribution in [2.24, 2.45) is 5.73 Å². The first-order valence-corrected chi connectivity index (χ1v) is 2.98. The van der Waals surface area contributed by atoms with Crippen molar-refractivity contribution >= 4 is 0 Å². The molecule has 0 aliphatic rings. The standard InChI is InChI=1S/C6H10N2O/c1-2-5(7)6-3-8-4-9-6/h3-5H,2,7H2,1H3. The summed E-state index contributed by atoms with van der Waals surface area (Å²) in [5.41, 5.74) is 5.60. The highest BCUT2D eigenvalue weighted by Gasteiger charge is 2.04. The van der Waals surface area contributed by atoms with E-state index in [0.717, 1.165) is 12.2 Å². The summed E-state index contributed by atoms with van der Waals surface area (Å²) in [5, 5.41) is 0. The lowest BCUT2D eigenvalue weighted by molar-refractivity contribution is 0.457. The molecular formula is C6H10N2O. The molecule has 0 radical (unpaired) electrons. The summed E-state index contributed by atoms with van der Waals surface area (Å²) in [5.74, 6) is 0.762. The Labute approximate surface area is 53.9 Å². The highest BCUT2D eigenvalue weighted by Crippen LogP contribution is 2.10. The van der Waals surface area contributed by atoms with E-state index in [0.29, 0.717) is 0 Å². The molecule has 0 saturated heterocycles. The number of nitrogens with zero attached hydrogens (tertiary/aromatic N) is 1. The molecule has 50 valence electrons. The summed E-state index contributed by atoms with van der Waals surface area (Å²) in [4.78, 5) is 3.74. The lowest BCUT2D eigenvalue weighted by Crippen LogP contribution is -2.06. The number of hydrogen-bond acceptors (Lipinski definition) is 3. The second-order valence-corrected chi connectivity index (χ2v) is 1.92. The summed E-state index contributed by atoms with van der Waals surface area (Å²) in [6.45, 7) is 2.01. The van der Waals surface area contributed by atoms with Crippen molar-refractivity contribution in [3.63, 3.8) is 0 Å². The second-order valence-electron chi connectivity index (χ2n) is 1.92. The smallest absolute Gasteiger partial charge is 0.180 e. The molecule has 3 nitrogen and oxygen atoms in total. The fraction of sp³-hybridized carbons (Fsp3) is 0.500. The van der Waals surface area contributed by atoms with E-state index in [1.807, 2.05) is 6.92 Å². The summed E-state index contributed by atoms with van der Waals surface area (Å²) >= 11 is 0.